The third kappa shape index (κ3) is 12.6. The topological polar surface area (TPSA) is 48.0 Å². The Kier molecular flexibility index (Phi) is 13.7. The maximum absolute atomic E-state index is 10.9. The van der Waals surface area contributed by atoms with Gasteiger partial charge in [-0.05, 0) is 12.8 Å². The highest BCUT2D eigenvalue weighted by Gasteiger charge is 2.13. The van der Waals surface area contributed by atoms with Gasteiger partial charge in [-0.3, -0.25) is 4.79 Å². The fourth-order valence-corrected chi connectivity index (χ4v) is 3.40. The van der Waals surface area contributed by atoms with Crippen molar-refractivity contribution in [3.05, 3.63) is 11.9 Å². The molecule has 1 aromatic rings. The van der Waals surface area contributed by atoms with Gasteiger partial charge in [-0.25, -0.2) is 0 Å². The number of carbonyl (C=O) groups excluding carboxylic acids is 1. The van der Waals surface area contributed by atoms with Crippen LogP contribution in [0.1, 0.15) is 109 Å². The van der Waals surface area contributed by atoms with Crippen molar-refractivity contribution in [2.24, 2.45) is 7.05 Å². The summed E-state index contributed by atoms with van der Waals surface area (Å²) in [5.41, 5.74) is 0.926. The summed E-state index contributed by atoms with van der Waals surface area (Å²) < 4.78 is 8.78. The van der Waals surface area contributed by atoms with E-state index < -0.39 is 0 Å². The quantitative estimate of drug-likeness (QED) is 0.211. The number of esters is 1. The number of ether oxygens (including phenoxy) is 1. The Balaban J connectivity index is 1.91. The average Bonchev–Trinajstić information content (AvgIpc) is 3.00. The van der Waals surface area contributed by atoms with Gasteiger partial charge in [0.1, 0.15) is 13.6 Å². The minimum atomic E-state index is -0.255. The van der Waals surface area contributed by atoms with Gasteiger partial charge in [-0.2, -0.15) is 0 Å². The van der Waals surface area contributed by atoms with E-state index in [2.05, 4.69) is 12.1 Å². The molecule has 1 rings (SSSR count). The zero-order valence-electron chi connectivity index (χ0n) is 18.0. The second-order valence-corrected chi connectivity index (χ2v) is 7.77. The van der Waals surface area contributed by atoms with Crippen molar-refractivity contribution in [3.63, 3.8) is 0 Å². The van der Waals surface area contributed by atoms with Gasteiger partial charge in [0.2, 0.25) is 5.69 Å². The Hall–Kier alpha value is -1.39. The lowest BCUT2D eigenvalue weighted by molar-refractivity contribution is -0.755. The van der Waals surface area contributed by atoms with Crippen LogP contribution in [0.5, 0.6) is 0 Å². The summed E-state index contributed by atoms with van der Waals surface area (Å²) in [6.45, 7) is 4.94. The van der Waals surface area contributed by atoms with Crippen LogP contribution in [-0.2, 0) is 29.7 Å². The van der Waals surface area contributed by atoms with Crippen LogP contribution in [0.4, 0.5) is 0 Å². The lowest BCUT2D eigenvalue weighted by atomic mass is 10.0. The molecule has 0 saturated heterocycles. The van der Waals surface area contributed by atoms with Crippen molar-refractivity contribution in [1.82, 2.24) is 9.90 Å². The summed E-state index contributed by atoms with van der Waals surface area (Å²) in [6.07, 6.45) is 21.2. The minimum absolute atomic E-state index is 0.255. The Morgan fingerprint density at radius 2 is 1.41 bits per heavy atom. The van der Waals surface area contributed by atoms with Gasteiger partial charge in [-0.15, -0.1) is 9.36 Å². The largest absolute Gasteiger partial charge is 0.457 e. The fourth-order valence-electron chi connectivity index (χ4n) is 3.40. The predicted octanol–water partition coefficient (Wildman–Crippen LogP) is 5.25. The number of hydrogen-bond acceptors (Lipinski definition) is 3. The molecule has 0 N–H and O–H groups in total. The maximum Gasteiger partial charge on any atom is 0.303 e. The normalized spacial score (nSPS) is 11.1. The minimum Gasteiger partial charge on any atom is -0.457 e. The molecule has 27 heavy (non-hydrogen) atoms. The molecule has 0 aliphatic rings. The molecule has 0 spiro atoms. The van der Waals surface area contributed by atoms with Crippen molar-refractivity contribution < 1.29 is 14.2 Å². The highest BCUT2D eigenvalue weighted by molar-refractivity contribution is 5.65. The number of aryl methyl sites for hydroxylation is 2. The highest BCUT2D eigenvalue weighted by Crippen LogP contribution is 2.12. The molecule has 5 nitrogen and oxygen atoms in total. The van der Waals surface area contributed by atoms with Crippen LogP contribution in [0.2, 0.25) is 0 Å². The molecule has 0 aliphatic carbocycles. The van der Waals surface area contributed by atoms with Crippen molar-refractivity contribution >= 4 is 5.97 Å². The molecular weight excluding hydrogens is 338 g/mol. The third-order valence-electron chi connectivity index (χ3n) is 5.13. The van der Waals surface area contributed by atoms with E-state index in [1.54, 1.807) is 4.68 Å². The number of rotatable bonds is 17. The lowest BCUT2D eigenvalue weighted by Crippen LogP contribution is -2.35. The number of carbonyl (C=O) groups is 1. The molecule has 1 heterocycles. The predicted molar refractivity (Wildman–Crippen MR) is 109 cm³/mol. The first-order valence-electron chi connectivity index (χ1n) is 11.2. The molecule has 0 unspecified atom stereocenters. The summed E-state index contributed by atoms with van der Waals surface area (Å²) in [4.78, 5) is 10.9. The smallest absolute Gasteiger partial charge is 0.303 e. The number of aromatic nitrogens is 3. The molecule has 0 atom stereocenters. The van der Waals surface area contributed by atoms with E-state index in [1.165, 1.54) is 90.4 Å². The molecular formula is C22H42N3O2+. The number of nitrogens with zero attached hydrogens (tertiary/aromatic N) is 3. The third-order valence-corrected chi connectivity index (χ3v) is 5.13. The first-order chi connectivity index (χ1) is 13.1. The summed E-state index contributed by atoms with van der Waals surface area (Å²) in [5.74, 6) is -0.255. The molecule has 0 bridgehead atoms. The maximum atomic E-state index is 10.9. The van der Waals surface area contributed by atoms with E-state index in [4.69, 9.17) is 4.74 Å². The molecule has 0 radical (unpaired) electrons. The first-order valence-corrected chi connectivity index (χ1v) is 11.2. The van der Waals surface area contributed by atoms with Gasteiger partial charge in [0.05, 0.1) is 5.21 Å². The summed E-state index contributed by atoms with van der Waals surface area (Å²) in [6, 6.07) is 0. The molecule has 1 aromatic heterocycles. The van der Waals surface area contributed by atoms with Crippen LogP contribution in [0.15, 0.2) is 6.20 Å². The Bertz CT molecular complexity index is 500. The van der Waals surface area contributed by atoms with Crippen molar-refractivity contribution in [1.29, 1.82) is 0 Å². The second kappa shape index (κ2) is 15.6. The zero-order valence-corrected chi connectivity index (χ0v) is 18.0. The molecule has 5 heteroatoms. The van der Waals surface area contributed by atoms with Gasteiger partial charge in [0.25, 0.3) is 0 Å². The average molecular weight is 381 g/mol. The van der Waals surface area contributed by atoms with Gasteiger partial charge in [0.15, 0.2) is 12.8 Å². The van der Waals surface area contributed by atoms with Gasteiger partial charge < -0.3 is 4.74 Å². The Morgan fingerprint density at radius 3 is 1.89 bits per heavy atom. The summed E-state index contributed by atoms with van der Waals surface area (Å²) in [7, 11) is 1.89. The van der Waals surface area contributed by atoms with E-state index in [0.717, 1.165) is 18.7 Å². The monoisotopic (exact) mass is 380 g/mol. The fraction of sp³-hybridized carbons (Fsp3) is 0.864. The lowest BCUT2D eigenvalue weighted by Gasteiger charge is -2.02. The van der Waals surface area contributed by atoms with Crippen LogP contribution in [0.25, 0.3) is 0 Å². The van der Waals surface area contributed by atoms with Crippen molar-refractivity contribution in [2.45, 2.75) is 117 Å². The summed E-state index contributed by atoms with van der Waals surface area (Å²) >= 11 is 0. The number of unbranched alkanes of at least 4 members (excludes halogenated alkanes) is 13. The van der Waals surface area contributed by atoms with Gasteiger partial charge in [-0.1, -0.05) is 84.0 Å². The van der Waals surface area contributed by atoms with E-state index in [-0.39, 0.29) is 5.97 Å². The second-order valence-electron chi connectivity index (χ2n) is 7.77. The van der Waals surface area contributed by atoms with Crippen LogP contribution < -0.4 is 4.68 Å². The van der Waals surface area contributed by atoms with Crippen LogP contribution >= 0.6 is 0 Å². The van der Waals surface area contributed by atoms with E-state index >= 15 is 0 Å². The number of hydrogen-bond donors (Lipinski definition) is 0. The zero-order chi connectivity index (χ0) is 19.7. The Labute approximate surface area is 166 Å². The van der Waals surface area contributed by atoms with Crippen LogP contribution in [0.3, 0.4) is 0 Å². The van der Waals surface area contributed by atoms with E-state index in [1.807, 2.05) is 17.9 Å². The van der Waals surface area contributed by atoms with E-state index in [0.29, 0.717) is 6.61 Å². The van der Waals surface area contributed by atoms with Crippen molar-refractivity contribution in [2.75, 3.05) is 0 Å². The van der Waals surface area contributed by atoms with E-state index in [9.17, 15) is 4.79 Å². The highest BCUT2D eigenvalue weighted by atomic mass is 16.5. The SMILES string of the molecule is CCCCCCCCCCCCCCCC[n+]1cc(COC(C)=O)n(C)n1. The van der Waals surface area contributed by atoms with Crippen LogP contribution in [-0.4, -0.2) is 15.9 Å². The Morgan fingerprint density at radius 1 is 0.926 bits per heavy atom. The molecule has 0 fully saturated rings. The molecule has 0 aliphatic heterocycles. The molecule has 0 amide bonds. The summed E-state index contributed by atoms with van der Waals surface area (Å²) in [5, 5.41) is 4.43. The molecule has 0 aromatic carbocycles. The molecule has 0 saturated carbocycles. The standard InChI is InChI=1S/C22H42N3O2/c1-4-5-6-7-8-9-10-11-12-13-14-15-16-17-18-25-19-22(24(3)23-25)20-27-21(2)26/h19H,4-18,20H2,1-3H3/q+1. The first kappa shape index (κ1) is 23.6. The van der Waals surface area contributed by atoms with Crippen molar-refractivity contribution in [3.8, 4) is 0 Å². The molecule has 156 valence electrons. The van der Waals surface area contributed by atoms with Crippen LogP contribution in [0, 0.1) is 0 Å². The van der Waals surface area contributed by atoms with Gasteiger partial charge >= 0.3 is 5.97 Å². The van der Waals surface area contributed by atoms with Gasteiger partial charge in [0, 0.05) is 6.92 Å².